The van der Waals surface area contributed by atoms with Gasteiger partial charge in [-0.1, -0.05) is 0 Å². The summed E-state index contributed by atoms with van der Waals surface area (Å²) in [6.07, 6.45) is 8.63. The van der Waals surface area contributed by atoms with Crippen LogP contribution in [0.25, 0.3) is 0 Å². The smallest absolute Gasteiger partial charge is 0.224 e. The first-order valence-corrected chi connectivity index (χ1v) is 7.95. The third kappa shape index (κ3) is 3.55. The minimum Gasteiger partial charge on any atom is -0.485 e. The molecule has 124 valence electrons. The van der Waals surface area contributed by atoms with Crippen LogP contribution >= 0.6 is 0 Å². The second kappa shape index (κ2) is 6.44. The molecule has 1 saturated carbocycles. The predicted octanol–water partition coefficient (Wildman–Crippen LogP) is 1.12. The van der Waals surface area contributed by atoms with Crippen LogP contribution in [0.15, 0.2) is 18.6 Å². The SMILES string of the molecule is Cc1c(CC(=O)N[C@H]2CCC[C@H]2Oc2cnn(C)c2)cnn1C. The van der Waals surface area contributed by atoms with E-state index < -0.39 is 0 Å². The number of aryl methyl sites for hydroxylation is 2. The third-order valence-electron chi connectivity index (χ3n) is 4.46. The highest BCUT2D eigenvalue weighted by atomic mass is 16.5. The van der Waals surface area contributed by atoms with Crippen molar-refractivity contribution in [2.45, 2.75) is 44.8 Å². The lowest BCUT2D eigenvalue weighted by Gasteiger charge is -2.21. The molecule has 0 aromatic carbocycles. The van der Waals surface area contributed by atoms with E-state index in [0.29, 0.717) is 6.42 Å². The largest absolute Gasteiger partial charge is 0.485 e. The van der Waals surface area contributed by atoms with E-state index in [9.17, 15) is 4.79 Å². The molecule has 23 heavy (non-hydrogen) atoms. The molecule has 7 heteroatoms. The third-order valence-corrected chi connectivity index (χ3v) is 4.46. The molecular formula is C16H23N5O2. The zero-order valence-electron chi connectivity index (χ0n) is 13.8. The first-order chi connectivity index (χ1) is 11.0. The van der Waals surface area contributed by atoms with Gasteiger partial charge in [-0.15, -0.1) is 0 Å². The van der Waals surface area contributed by atoms with Gasteiger partial charge in [-0.2, -0.15) is 10.2 Å². The standard InChI is InChI=1S/C16H23N5O2/c1-11-12(8-18-21(11)3)7-16(22)19-14-5-4-6-15(14)23-13-9-17-20(2)10-13/h8-10,14-15H,4-7H2,1-3H3,(H,19,22)/t14-,15+/m0/s1. The van der Waals surface area contributed by atoms with E-state index in [-0.39, 0.29) is 18.1 Å². The summed E-state index contributed by atoms with van der Waals surface area (Å²) >= 11 is 0. The van der Waals surface area contributed by atoms with Crippen LogP contribution in [0.3, 0.4) is 0 Å². The second-order valence-corrected chi connectivity index (χ2v) is 6.17. The average Bonchev–Trinajstić information content (AvgIpc) is 3.19. The van der Waals surface area contributed by atoms with E-state index in [1.807, 2.05) is 27.2 Å². The van der Waals surface area contributed by atoms with Crippen molar-refractivity contribution in [1.82, 2.24) is 24.9 Å². The van der Waals surface area contributed by atoms with Crippen LogP contribution in [-0.4, -0.2) is 37.6 Å². The number of carbonyl (C=O) groups is 1. The fourth-order valence-corrected chi connectivity index (χ4v) is 3.02. The fourth-order valence-electron chi connectivity index (χ4n) is 3.02. The molecule has 1 N–H and O–H groups in total. The first-order valence-electron chi connectivity index (χ1n) is 7.95. The molecule has 7 nitrogen and oxygen atoms in total. The molecule has 0 bridgehead atoms. The van der Waals surface area contributed by atoms with E-state index in [0.717, 1.165) is 36.3 Å². The van der Waals surface area contributed by atoms with Crippen LogP contribution in [0.1, 0.15) is 30.5 Å². The van der Waals surface area contributed by atoms with Crippen molar-refractivity contribution in [3.05, 3.63) is 29.8 Å². The zero-order chi connectivity index (χ0) is 16.4. The Morgan fingerprint density at radius 1 is 1.35 bits per heavy atom. The van der Waals surface area contributed by atoms with Crippen LogP contribution in [0.2, 0.25) is 0 Å². The molecule has 0 saturated heterocycles. The van der Waals surface area contributed by atoms with Crippen LogP contribution in [0.4, 0.5) is 0 Å². The maximum absolute atomic E-state index is 12.3. The molecule has 1 fully saturated rings. The number of amides is 1. The lowest BCUT2D eigenvalue weighted by molar-refractivity contribution is -0.121. The highest BCUT2D eigenvalue weighted by Crippen LogP contribution is 2.24. The topological polar surface area (TPSA) is 74.0 Å². The fraction of sp³-hybridized carbons (Fsp3) is 0.562. The van der Waals surface area contributed by atoms with Gasteiger partial charge in [0.25, 0.3) is 0 Å². The number of aromatic nitrogens is 4. The van der Waals surface area contributed by atoms with Crippen molar-refractivity contribution in [2.24, 2.45) is 14.1 Å². The Hall–Kier alpha value is -2.31. The first kappa shape index (κ1) is 15.6. The lowest BCUT2D eigenvalue weighted by atomic mass is 10.1. The summed E-state index contributed by atoms with van der Waals surface area (Å²) in [6, 6.07) is 0.0553. The Labute approximate surface area is 135 Å². The number of ether oxygens (including phenoxy) is 1. The van der Waals surface area contributed by atoms with Crippen molar-refractivity contribution in [3.63, 3.8) is 0 Å². The van der Waals surface area contributed by atoms with Gasteiger partial charge in [0.15, 0.2) is 5.75 Å². The van der Waals surface area contributed by atoms with E-state index in [2.05, 4.69) is 15.5 Å². The maximum atomic E-state index is 12.3. The molecule has 1 aliphatic rings. The monoisotopic (exact) mass is 317 g/mol. The Morgan fingerprint density at radius 3 is 2.83 bits per heavy atom. The Bertz CT molecular complexity index is 690. The van der Waals surface area contributed by atoms with Gasteiger partial charge in [-0.3, -0.25) is 14.2 Å². The van der Waals surface area contributed by atoms with Gasteiger partial charge in [-0.25, -0.2) is 0 Å². The molecule has 0 radical (unpaired) electrons. The van der Waals surface area contributed by atoms with Crippen molar-refractivity contribution >= 4 is 5.91 Å². The molecule has 2 heterocycles. The molecular weight excluding hydrogens is 294 g/mol. The van der Waals surface area contributed by atoms with E-state index in [1.54, 1.807) is 21.8 Å². The summed E-state index contributed by atoms with van der Waals surface area (Å²) in [7, 11) is 3.74. The molecule has 3 rings (SSSR count). The van der Waals surface area contributed by atoms with Crippen LogP contribution in [0.5, 0.6) is 5.75 Å². The molecule has 2 atom stereocenters. The normalized spacial score (nSPS) is 20.7. The highest BCUT2D eigenvalue weighted by Gasteiger charge is 2.30. The van der Waals surface area contributed by atoms with Crippen LogP contribution < -0.4 is 10.1 Å². The van der Waals surface area contributed by atoms with Crippen molar-refractivity contribution in [2.75, 3.05) is 0 Å². The molecule has 1 amide bonds. The van der Waals surface area contributed by atoms with Crippen LogP contribution in [-0.2, 0) is 25.3 Å². The molecule has 2 aromatic heterocycles. The van der Waals surface area contributed by atoms with Gasteiger partial charge in [0.1, 0.15) is 6.10 Å². The number of hydrogen-bond acceptors (Lipinski definition) is 4. The number of nitrogens with one attached hydrogen (secondary N) is 1. The minimum absolute atomic E-state index is 0.0122. The number of hydrogen-bond donors (Lipinski definition) is 1. The Balaban J connectivity index is 1.57. The minimum atomic E-state index is 0.0122. The number of nitrogens with zero attached hydrogens (tertiary/aromatic N) is 4. The van der Waals surface area contributed by atoms with Gasteiger partial charge in [0.05, 0.1) is 31.1 Å². The summed E-state index contributed by atoms with van der Waals surface area (Å²) < 4.78 is 9.47. The second-order valence-electron chi connectivity index (χ2n) is 6.17. The van der Waals surface area contributed by atoms with E-state index >= 15 is 0 Å². The summed E-state index contributed by atoms with van der Waals surface area (Å²) in [5, 5.41) is 11.4. The van der Waals surface area contributed by atoms with E-state index in [1.165, 1.54) is 0 Å². The molecule has 0 aliphatic heterocycles. The summed E-state index contributed by atoms with van der Waals surface area (Å²) in [5.74, 6) is 0.773. The summed E-state index contributed by atoms with van der Waals surface area (Å²) in [5.41, 5.74) is 1.99. The van der Waals surface area contributed by atoms with Crippen molar-refractivity contribution in [1.29, 1.82) is 0 Å². The van der Waals surface area contributed by atoms with E-state index in [4.69, 9.17) is 4.74 Å². The molecule has 0 unspecified atom stereocenters. The van der Waals surface area contributed by atoms with Crippen molar-refractivity contribution in [3.8, 4) is 5.75 Å². The van der Waals surface area contributed by atoms with Gasteiger partial charge >= 0.3 is 0 Å². The summed E-state index contributed by atoms with van der Waals surface area (Å²) in [6.45, 7) is 1.97. The lowest BCUT2D eigenvalue weighted by Crippen LogP contribution is -2.43. The predicted molar refractivity (Wildman–Crippen MR) is 85.1 cm³/mol. The van der Waals surface area contributed by atoms with Gasteiger partial charge in [0, 0.05) is 25.4 Å². The summed E-state index contributed by atoms with van der Waals surface area (Å²) in [4.78, 5) is 12.3. The molecule has 2 aromatic rings. The molecule has 1 aliphatic carbocycles. The quantitative estimate of drug-likeness (QED) is 0.897. The molecule has 0 spiro atoms. The zero-order valence-corrected chi connectivity index (χ0v) is 13.8. The van der Waals surface area contributed by atoms with Gasteiger partial charge in [-0.05, 0) is 26.2 Å². The van der Waals surface area contributed by atoms with Gasteiger partial charge in [0.2, 0.25) is 5.91 Å². The van der Waals surface area contributed by atoms with Gasteiger partial charge < -0.3 is 10.1 Å². The Morgan fingerprint density at radius 2 is 2.17 bits per heavy atom. The highest BCUT2D eigenvalue weighted by molar-refractivity contribution is 5.79. The number of rotatable bonds is 5. The average molecular weight is 317 g/mol. The van der Waals surface area contributed by atoms with Crippen LogP contribution in [0, 0.1) is 6.92 Å². The Kier molecular flexibility index (Phi) is 4.36. The van der Waals surface area contributed by atoms with Crippen molar-refractivity contribution < 1.29 is 9.53 Å². The maximum Gasteiger partial charge on any atom is 0.224 e. The number of carbonyl (C=O) groups excluding carboxylic acids is 1.